The predicted octanol–water partition coefficient (Wildman–Crippen LogP) is 1.66. The van der Waals surface area contributed by atoms with Crippen LogP contribution < -0.4 is 4.90 Å². The largest absolute Gasteiger partial charge is 0.454 e. The molecule has 3 atom stereocenters. The van der Waals surface area contributed by atoms with E-state index in [4.69, 9.17) is 30.5 Å². The minimum atomic E-state index is -1.45. The number of hydrogen-bond acceptors (Lipinski definition) is 9. The highest BCUT2D eigenvalue weighted by Crippen LogP contribution is 2.27. The van der Waals surface area contributed by atoms with Gasteiger partial charge in [-0.1, -0.05) is 11.6 Å². The van der Waals surface area contributed by atoms with Gasteiger partial charge in [0.05, 0.1) is 0 Å². The number of hydrogen-bond donors (Lipinski definition) is 0. The summed E-state index contributed by atoms with van der Waals surface area (Å²) in [6, 6.07) is 7.43. The molecule has 0 unspecified atom stereocenters. The minimum absolute atomic E-state index is 0.157. The van der Waals surface area contributed by atoms with Crippen molar-refractivity contribution in [3.63, 3.8) is 0 Å². The van der Waals surface area contributed by atoms with Crippen molar-refractivity contribution in [1.29, 1.82) is 0 Å². The molecule has 0 spiro atoms. The number of benzene rings is 1. The highest BCUT2D eigenvalue weighted by molar-refractivity contribution is 6.30. The predicted molar refractivity (Wildman–Crippen MR) is 116 cm³/mol. The first kappa shape index (κ1) is 24.4. The maximum absolute atomic E-state index is 13.1. The summed E-state index contributed by atoms with van der Waals surface area (Å²) < 4.78 is 21.1. The summed E-state index contributed by atoms with van der Waals surface area (Å²) >= 11 is 5.94. The van der Waals surface area contributed by atoms with Gasteiger partial charge in [0, 0.05) is 63.7 Å². The van der Waals surface area contributed by atoms with E-state index >= 15 is 0 Å². The summed E-state index contributed by atoms with van der Waals surface area (Å²) in [6.07, 6.45) is -2.61. The Morgan fingerprint density at radius 2 is 1.45 bits per heavy atom. The summed E-state index contributed by atoms with van der Waals surface area (Å²) in [4.78, 5) is 51.5. The summed E-state index contributed by atoms with van der Waals surface area (Å²) in [5.41, 5.74) is 0.994. The topological polar surface area (TPSA) is 112 Å². The minimum Gasteiger partial charge on any atom is -0.454 e. The Morgan fingerprint density at radius 1 is 0.879 bits per heavy atom. The Bertz CT molecular complexity index is 940. The molecule has 0 aromatic heterocycles. The zero-order chi connectivity index (χ0) is 24.1. The lowest BCUT2D eigenvalue weighted by Gasteiger charge is -2.38. The van der Waals surface area contributed by atoms with Crippen molar-refractivity contribution in [3.8, 4) is 0 Å². The fourth-order valence-electron chi connectivity index (χ4n) is 3.59. The number of carbonyl (C=O) groups excluding carboxylic acids is 4. The zero-order valence-corrected chi connectivity index (χ0v) is 19.2. The molecule has 1 fully saturated rings. The number of ether oxygens (including phenoxy) is 4. The zero-order valence-electron chi connectivity index (χ0n) is 18.5. The van der Waals surface area contributed by atoms with E-state index in [1.165, 1.54) is 13.0 Å². The molecule has 0 bridgehead atoms. The molecule has 2 aliphatic heterocycles. The molecule has 0 aliphatic carbocycles. The fraction of sp³-hybridized carbons (Fsp3) is 0.455. The van der Waals surface area contributed by atoms with Crippen LogP contribution in [0.2, 0.25) is 5.02 Å². The molecule has 10 nitrogen and oxygen atoms in total. The standard InChI is InChI=1S/C22H25ClN2O8/c1-13(26)30-18-12-19(33-22(32-15(3)28)20(18)31-14(2)27)21(29)25-10-8-24(9-11-25)17-6-4-16(23)5-7-17/h4-7,12,18,20,22H,8-11H2,1-3H3/t18-,20+,22+/m0/s1. The van der Waals surface area contributed by atoms with Crippen LogP contribution in [0.1, 0.15) is 20.8 Å². The van der Waals surface area contributed by atoms with E-state index in [2.05, 4.69) is 4.90 Å². The molecule has 1 aromatic carbocycles. The van der Waals surface area contributed by atoms with Gasteiger partial charge in [0.2, 0.25) is 6.10 Å². The van der Waals surface area contributed by atoms with E-state index < -0.39 is 42.3 Å². The first-order valence-corrected chi connectivity index (χ1v) is 10.7. The molecule has 2 heterocycles. The van der Waals surface area contributed by atoms with Gasteiger partial charge in [0.1, 0.15) is 0 Å². The van der Waals surface area contributed by atoms with Crippen LogP contribution in [0.15, 0.2) is 36.1 Å². The lowest BCUT2D eigenvalue weighted by atomic mass is 10.1. The molecule has 1 aromatic rings. The third kappa shape index (κ3) is 6.38. The summed E-state index contributed by atoms with van der Waals surface area (Å²) in [5, 5.41) is 0.644. The second-order valence-electron chi connectivity index (χ2n) is 7.53. The van der Waals surface area contributed by atoms with E-state index in [0.717, 1.165) is 19.5 Å². The monoisotopic (exact) mass is 480 g/mol. The van der Waals surface area contributed by atoms with Crippen LogP contribution in [0.4, 0.5) is 5.69 Å². The molecule has 0 N–H and O–H groups in total. The van der Waals surface area contributed by atoms with Crippen LogP contribution in [-0.4, -0.2) is 73.4 Å². The first-order chi connectivity index (χ1) is 15.6. The maximum atomic E-state index is 13.1. The van der Waals surface area contributed by atoms with Gasteiger partial charge < -0.3 is 28.7 Å². The second-order valence-corrected chi connectivity index (χ2v) is 7.97. The molecular weight excluding hydrogens is 456 g/mol. The second kappa shape index (κ2) is 10.6. The fourth-order valence-corrected chi connectivity index (χ4v) is 3.72. The highest BCUT2D eigenvalue weighted by atomic mass is 35.5. The average molecular weight is 481 g/mol. The van der Waals surface area contributed by atoms with Crippen LogP contribution in [0.3, 0.4) is 0 Å². The van der Waals surface area contributed by atoms with Gasteiger partial charge >= 0.3 is 17.9 Å². The third-order valence-electron chi connectivity index (χ3n) is 5.01. The van der Waals surface area contributed by atoms with Crippen LogP contribution in [0.5, 0.6) is 0 Å². The summed E-state index contributed by atoms with van der Waals surface area (Å²) in [5.74, 6) is -2.69. The molecular formula is C22H25ClN2O8. The summed E-state index contributed by atoms with van der Waals surface area (Å²) in [6.45, 7) is 5.45. The van der Waals surface area contributed by atoms with E-state index in [0.29, 0.717) is 31.2 Å². The van der Waals surface area contributed by atoms with E-state index in [1.807, 2.05) is 12.1 Å². The molecule has 0 saturated carbocycles. The highest BCUT2D eigenvalue weighted by Gasteiger charge is 2.44. The number of nitrogens with zero attached hydrogens (tertiary/aromatic N) is 2. The molecule has 1 saturated heterocycles. The van der Waals surface area contributed by atoms with Gasteiger partial charge in [-0.2, -0.15) is 0 Å². The number of halogens is 1. The Hall–Kier alpha value is -3.27. The number of anilines is 1. The number of piperazine rings is 1. The van der Waals surface area contributed by atoms with Crippen LogP contribution >= 0.6 is 11.6 Å². The Morgan fingerprint density at radius 3 is 2.00 bits per heavy atom. The van der Waals surface area contributed by atoms with Crippen LogP contribution in [0, 0.1) is 0 Å². The molecule has 1 amide bonds. The Labute approximate surface area is 195 Å². The molecule has 0 radical (unpaired) electrons. The van der Waals surface area contributed by atoms with E-state index in [-0.39, 0.29) is 5.76 Å². The number of amides is 1. The maximum Gasteiger partial charge on any atom is 0.305 e. The van der Waals surface area contributed by atoms with E-state index in [1.54, 1.807) is 17.0 Å². The van der Waals surface area contributed by atoms with Crippen molar-refractivity contribution in [2.45, 2.75) is 39.3 Å². The van der Waals surface area contributed by atoms with Gasteiger partial charge in [0.15, 0.2) is 11.9 Å². The molecule has 2 aliphatic rings. The van der Waals surface area contributed by atoms with Crippen LogP contribution in [0.25, 0.3) is 0 Å². The van der Waals surface area contributed by atoms with Crippen molar-refractivity contribution in [2.75, 3.05) is 31.1 Å². The Balaban J connectivity index is 1.75. The molecule has 178 valence electrons. The number of carbonyl (C=O) groups is 4. The van der Waals surface area contributed by atoms with Crippen molar-refractivity contribution in [2.24, 2.45) is 0 Å². The lowest BCUT2D eigenvalue weighted by Crippen LogP contribution is -2.52. The normalized spacial score (nSPS) is 22.5. The molecule has 3 rings (SSSR count). The SMILES string of the molecule is CC(=O)O[C@@H]1OC(C(=O)N2CCN(c3ccc(Cl)cc3)CC2)=C[C@H](OC(C)=O)[C@H]1OC(C)=O. The van der Waals surface area contributed by atoms with Gasteiger partial charge in [-0.15, -0.1) is 0 Å². The van der Waals surface area contributed by atoms with Gasteiger partial charge in [-0.25, -0.2) is 0 Å². The Kier molecular flexibility index (Phi) is 7.80. The van der Waals surface area contributed by atoms with Crippen molar-refractivity contribution in [3.05, 3.63) is 41.1 Å². The van der Waals surface area contributed by atoms with Crippen molar-refractivity contribution in [1.82, 2.24) is 4.90 Å². The smallest absolute Gasteiger partial charge is 0.305 e. The van der Waals surface area contributed by atoms with Crippen LogP contribution in [-0.2, 0) is 38.1 Å². The van der Waals surface area contributed by atoms with Gasteiger partial charge in [-0.05, 0) is 24.3 Å². The quantitative estimate of drug-likeness (QED) is 0.458. The van der Waals surface area contributed by atoms with Crippen molar-refractivity contribution < 1.29 is 38.1 Å². The molecule has 11 heteroatoms. The lowest BCUT2D eigenvalue weighted by molar-refractivity contribution is -0.223. The third-order valence-corrected chi connectivity index (χ3v) is 5.26. The van der Waals surface area contributed by atoms with Gasteiger partial charge in [0.25, 0.3) is 12.2 Å². The first-order valence-electron chi connectivity index (χ1n) is 10.3. The van der Waals surface area contributed by atoms with E-state index in [9.17, 15) is 19.2 Å². The van der Waals surface area contributed by atoms with Crippen molar-refractivity contribution >= 4 is 41.1 Å². The number of rotatable bonds is 5. The average Bonchev–Trinajstić information content (AvgIpc) is 2.75. The molecule has 33 heavy (non-hydrogen) atoms. The van der Waals surface area contributed by atoms with Gasteiger partial charge in [-0.3, -0.25) is 19.2 Å². The summed E-state index contributed by atoms with van der Waals surface area (Å²) in [7, 11) is 0. The number of esters is 3.